The van der Waals surface area contributed by atoms with Gasteiger partial charge in [-0.05, 0) is 80.4 Å². The van der Waals surface area contributed by atoms with Gasteiger partial charge in [-0.2, -0.15) is 9.78 Å². The van der Waals surface area contributed by atoms with Crippen LogP contribution in [0.1, 0.15) is 82.1 Å². The van der Waals surface area contributed by atoms with Gasteiger partial charge in [-0.3, -0.25) is 9.69 Å². The Hall–Kier alpha value is -1.47. The van der Waals surface area contributed by atoms with Crippen LogP contribution in [0.15, 0.2) is 24.3 Å². The summed E-state index contributed by atoms with van der Waals surface area (Å²) in [6, 6.07) is 8.66. The van der Waals surface area contributed by atoms with E-state index < -0.39 is 11.6 Å². The summed E-state index contributed by atoms with van der Waals surface area (Å²) in [7, 11) is 0. The fourth-order valence-electron chi connectivity index (χ4n) is 8.34. The van der Waals surface area contributed by atoms with E-state index in [1.54, 1.807) is 0 Å². The van der Waals surface area contributed by atoms with E-state index in [1.165, 1.54) is 37.7 Å². The minimum atomic E-state index is -0.534. The SMILES string of the molecule is O=C1CCN(CCOc2ccc([C@H]3CC[C@]4(CC3)OO[C@]3(O4)C4CC5CC(C4)CC3C5)cc2)CC1. The molecule has 0 radical (unpaired) electrons. The second-order valence-corrected chi connectivity index (χ2v) is 12.3. The molecule has 35 heavy (non-hydrogen) atoms. The molecule has 2 spiro atoms. The second-order valence-electron chi connectivity index (χ2n) is 12.3. The van der Waals surface area contributed by atoms with Gasteiger partial charge < -0.3 is 9.47 Å². The molecule has 2 aliphatic heterocycles. The van der Waals surface area contributed by atoms with Crippen LogP contribution in [-0.4, -0.2) is 48.5 Å². The third kappa shape index (κ3) is 4.14. The van der Waals surface area contributed by atoms with Gasteiger partial charge in [0, 0.05) is 57.2 Å². The van der Waals surface area contributed by atoms with Crippen molar-refractivity contribution in [1.29, 1.82) is 0 Å². The van der Waals surface area contributed by atoms with Crippen LogP contribution in [0.2, 0.25) is 0 Å². The molecule has 2 heterocycles. The third-order valence-corrected chi connectivity index (χ3v) is 10.1. The van der Waals surface area contributed by atoms with E-state index in [9.17, 15) is 4.79 Å². The molecule has 1 aromatic rings. The van der Waals surface area contributed by atoms with Crippen molar-refractivity contribution in [3.8, 4) is 5.75 Å². The number of Topliss-reactive ketones (excluding diaryl/α,β-unsaturated/α-hetero) is 1. The molecule has 5 aliphatic carbocycles. The highest BCUT2D eigenvalue weighted by molar-refractivity contribution is 5.79. The van der Waals surface area contributed by atoms with Crippen LogP contribution in [0, 0.1) is 23.7 Å². The Labute approximate surface area is 208 Å². The minimum Gasteiger partial charge on any atom is -0.492 e. The molecule has 5 saturated carbocycles. The summed E-state index contributed by atoms with van der Waals surface area (Å²) in [5, 5.41) is 0. The summed E-state index contributed by atoms with van der Waals surface area (Å²) >= 11 is 0. The molecule has 7 fully saturated rings. The topological polar surface area (TPSA) is 57.2 Å². The van der Waals surface area contributed by atoms with E-state index in [0.717, 1.165) is 62.9 Å². The molecule has 0 atom stereocenters. The molecule has 6 heteroatoms. The van der Waals surface area contributed by atoms with Crippen LogP contribution >= 0.6 is 0 Å². The molecule has 7 aliphatic rings. The normalized spacial score (nSPS) is 42.9. The second kappa shape index (κ2) is 8.83. The highest BCUT2D eigenvalue weighted by atomic mass is 17.3. The van der Waals surface area contributed by atoms with Gasteiger partial charge >= 0.3 is 0 Å². The Morgan fingerprint density at radius 3 is 2.20 bits per heavy atom. The van der Waals surface area contributed by atoms with Crippen LogP contribution < -0.4 is 4.74 Å². The number of ether oxygens (including phenoxy) is 2. The Balaban J connectivity index is 0.915. The average molecular weight is 482 g/mol. The summed E-state index contributed by atoms with van der Waals surface area (Å²) in [5.74, 6) is 3.70. The first-order valence-electron chi connectivity index (χ1n) is 14.1. The van der Waals surface area contributed by atoms with E-state index in [0.29, 0.717) is 43.0 Å². The van der Waals surface area contributed by atoms with E-state index in [2.05, 4.69) is 29.2 Å². The van der Waals surface area contributed by atoms with Crippen molar-refractivity contribution in [1.82, 2.24) is 4.90 Å². The van der Waals surface area contributed by atoms with Gasteiger partial charge in [-0.25, -0.2) is 0 Å². The van der Waals surface area contributed by atoms with Crippen LogP contribution in [0.5, 0.6) is 5.75 Å². The van der Waals surface area contributed by atoms with Gasteiger partial charge in [-0.1, -0.05) is 12.1 Å². The van der Waals surface area contributed by atoms with Crippen molar-refractivity contribution in [2.75, 3.05) is 26.2 Å². The lowest BCUT2D eigenvalue weighted by Gasteiger charge is -2.57. The first-order chi connectivity index (χ1) is 17.1. The molecule has 190 valence electrons. The number of benzene rings is 1. The Kier molecular flexibility index (Phi) is 5.73. The van der Waals surface area contributed by atoms with E-state index in [4.69, 9.17) is 19.2 Å². The van der Waals surface area contributed by atoms with Crippen molar-refractivity contribution in [2.24, 2.45) is 23.7 Å². The summed E-state index contributed by atoms with van der Waals surface area (Å²) in [6.07, 6.45) is 11.8. The summed E-state index contributed by atoms with van der Waals surface area (Å²) < 4.78 is 12.9. The standard InChI is InChI=1S/C29H39NO5/c31-26-7-11-30(12-8-26)13-14-32-27-3-1-22(2-4-27)23-5-9-28(10-6-23)33-29(35-34-28)24-16-20-15-21(18-24)19-25(29)17-20/h1-4,20-21,23-25H,5-19H2/t20?,21?,23-,24?,25?,28+,29-. The zero-order chi connectivity index (χ0) is 23.5. The quantitative estimate of drug-likeness (QED) is 0.538. The molecule has 1 aromatic carbocycles. The maximum Gasteiger partial charge on any atom is 0.210 e. The molecule has 0 N–H and O–H groups in total. The Bertz CT molecular complexity index is 899. The highest BCUT2D eigenvalue weighted by Gasteiger charge is 2.66. The number of likely N-dealkylation sites (tertiary alicyclic amines) is 1. The third-order valence-electron chi connectivity index (χ3n) is 10.1. The Morgan fingerprint density at radius 1 is 0.886 bits per heavy atom. The monoisotopic (exact) mass is 481 g/mol. The summed E-state index contributed by atoms with van der Waals surface area (Å²) in [5.41, 5.74) is 1.38. The number of ketones is 1. The van der Waals surface area contributed by atoms with E-state index >= 15 is 0 Å². The number of carbonyl (C=O) groups is 1. The molecule has 4 bridgehead atoms. The van der Waals surface area contributed by atoms with Crippen LogP contribution in [0.4, 0.5) is 0 Å². The molecular weight excluding hydrogens is 442 g/mol. The fourth-order valence-corrected chi connectivity index (χ4v) is 8.34. The number of carbonyl (C=O) groups excluding carboxylic acids is 1. The molecule has 2 saturated heterocycles. The maximum atomic E-state index is 11.4. The molecule has 0 amide bonds. The lowest BCUT2D eigenvalue weighted by molar-refractivity contribution is -0.390. The Morgan fingerprint density at radius 2 is 1.54 bits per heavy atom. The van der Waals surface area contributed by atoms with Gasteiger partial charge in [0.25, 0.3) is 0 Å². The van der Waals surface area contributed by atoms with Gasteiger partial charge in [0.2, 0.25) is 11.6 Å². The van der Waals surface area contributed by atoms with Crippen LogP contribution in [0.3, 0.4) is 0 Å². The zero-order valence-electron chi connectivity index (χ0n) is 20.8. The zero-order valence-corrected chi connectivity index (χ0v) is 20.8. The van der Waals surface area contributed by atoms with Gasteiger partial charge in [-0.15, -0.1) is 0 Å². The predicted molar refractivity (Wildman–Crippen MR) is 130 cm³/mol. The smallest absolute Gasteiger partial charge is 0.210 e. The molecule has 6 nitrogen and oxygen atoms in total. The number of nitrogens with zero attached hydrogens (tertiary/aromatic N) is 1. The number of piperidine rings is 1. The van der Waals surface area contributed by atoms with Crippen molar-refractivity contribution < 1.29 is 24.0 Å². The van der Waals surface area contributed by atoms with Crippen LogP contribution in [-0.2, 0) is 19.3 Å². The first kappa shape index (κ1) is 22.7. The highest BCUT2D eigenvalue weighted by Crippen LogP contribution is 2.64. The molecule has 0 aromatic heterocycles. The summed E-state index contributed by atoms with van der Waals surface area (Å²) in [6.45, 7) is 3.28. The maximum absolute atomic E-state index is 11.4. The largest absolute Gasteiger partial charge is 0.492 e. The minimum absolute atomic E-state index is 0.386. The fraction of sp³-hybridized carbons (Fsp3) is 0.759. The summed E-state index contributed by atoms with van der Waals surface area (Å²) in [4.78, 5) is 26.0. The van der Waals surface area contributed by atoms with Crippen molar-refractivity contribution in [2.45, 2.75) is 88.1 Å². The lowest BCUT2D eigenvalue weighted by Crippen LogP contribution is -2.59. The van der Waals surface area contributed by atoms with Gasteiger partial charge in [0.1, 0.15) is 18.1 Å². The van der Waals surface area contributed by atoms with Crippen LogP contribution in [0.25, 0.3) is 0 Å². The molecular formula is C29H39NO5. The van der Waals surface area contributed by atoms with E-state index in [-0.39, 0.29) is 0 Å². The van der Waals surface area contributed by atoms with Crippen molar-refractivity contribution in [3.63, 3.8) is 0 Å². The average Bonchev–Trinajstić information content (AvgIpc) is 3.24. The lowest BCUT2D eigenvalue weighted by atomic mass is 9.53. The number of hydrogen-bond donors (Lipinski definition) is 0. The number of rotatable bonds is 5. The van der Waals surface area contributed by atoms with Gasteiger partial charge in [0.15, 0.2) is 0 Å². The predicted octanol–water partition coefficient (Wildman–Crippen LogP) is 5.22. The first-order valence-corrected chi connectivity index (χ1v) is 14.1. The van der Waals surface area contributed by atoms with E-state index in [1.807, 2.05) is 0 Å². The van der Waals surface area contributed by atoms with Gasteiger partial charge in [0.05, 0.1) is 0 Å². The number of hydrogen-bond acceptors (Lipinski definition) is 6. The molecule has 0 unspecified atom stereocenters. The van der Waals surface area contributed by atoms with Crippen molar-refractivity contribution in [3.05, 3.63) is 29.8 Å². The molecule has 8 rings (SSSR count). The van der Waals surface area contributed by atoms with Crippen molar-refractivity contribution >= 4 is 5.78 Å².